The van der Waals surface area contributed by atoms with Crippen LogP contribution in [0.1, 0.15) is 16.8 Å². The van der Waals surface area contributed by atoms with Crippen LogP contribution in [0, 0.1) is 0 Å². The molecule has 0 spiro atoms. The molecule has 0 aromatic carbocycles. The van der Waals surface area contributed by atoms with Crippen molar-refractivity contribution in [3.05, 3.63) is 16.1 Å². The molecule has 4 heteroatoms. The molecule has 0 aliphatic carbocycles. The van der Waals surface area contributed by atoms with Gasteiger partial charge in [-0.15, -0.1) is 11.3 Å². The number of rotatable bonds is 4. The first-order valence-electron chi connectivity index (χ1n) is 4.34. The van der Waals surface area contributed by atoms with Crippen LogP contribution in [-0.4, -0.2) is 35.2 Å². The summed E-state index contributed by atoms with van der Waals surface area (Å²) in [5.74, 6) is 0. The Bertz CT molecular complexity index is 233. The predicted octanol–water partition coefficient (Wildman–Crippen LogP) is 1.13. The molecule has 1 atom stereocenters. The highest BCUT2D eigenvalue weighted by Crippen LogP contribution is 2.15. The second-order valence-corrected chi connectivity index (χ2v) is 4.71. The number of aromatic nitrogens is 1. The number of hydrogen-bond acceptors (Lipinski definition) is 4. The van der Waals surface area contributed by atoms with E-state index in [-0.39, 0.29) is 6.10 Å². The fourth-order valence-electron chi connectivity index (χ4n) is 1.08. The van der Waals surface area contributed by atoms with Crippen molar-refractivity contribution in [2.24, 2.45) is 0 Å². The molecule has 0 saturated heterocycles. The number of aliphatic hydroxyl groups is 1. The Morgan fingerprint density at radius 3 is 2.85 bits per heavy atom. The van der Waals surface area contributed by atoms with E-state index >= 15 is 0 Å². The molecule has 0 aliphatic rings. The lowest BCUT2D eigenvalue weighted by Crippen LogP contribution is -2.09. The van der Waals surface area contributed by atoms with Crippen molar-refractivity contribution in [2.75, 3.05) is 14.1 Å². The Hall–Kier alpha value is -0.450. The van der Waals surface area contributed by atoms with Crippen LogP contribution in [0.25, 0.3) is 0 Å². The lowest BCUT2D eigenvalue weighted by molar-refractivity contribution is 0.195. The third-order valence-electron chi connectivity index (χ3n) is 1.54. The van der Waals surface area contributed by atoms with E-state index in [0.717, 1.165) is 11.6 Å². The molecule has 0 saturated carbocycles. The van der Waals surface area contributed by atoms with Crippen molar-refractivity contribution < 1.29 is 5.11 Å². The second-order valence-electron chi connectivity index (χ2n) is 3.51. The minimum absolute atomic E-state index is 0.293. The summed E-state index contributed by atoms with van der Waals surface area (Å²) in [7, 11) is 4.07. The van der Waals surface area contributed by atoms with E-state index in [4.69, 9.17) is 5.11 Å². The molecule has 13 heavy (non-hydrogen) atoms. The summed E-state index contributed by atoms with van der Waals surface area (Å²) in [6.07, 6.45) is 2.26. The van der Waals surface area contributed by atoms with Gasteiger partial charge in [-0.2, -0.15) is 0 Å². The van der Waals surface area contributed by atoms with Gasteiger partial charge in [-0.05, 0) is 21.0 Å². The van der Waals surface area contributed by atoms with Crippen LogP contribution in [0.4, 0.5) is 0 Å². The summed E-state index contributed by atoms with van der Waals surface area (Å²) >= 11 is 1.68. The average Bonchev–Trinajstić information content (AvgIpc) is 2.33. The SMILES string of the molecule is C[C@H](O)Cc1ncc(CN(C)C)s1. The van der Waals surface area contributed by atoms with Gasteiger partial charge >= 0.3 is 0 Å². The topological polar surface area (TPSA) is 36.4 Å². The number of nitrogens with zero attached hydrogens (tertiary/aromatic N) is 2. The molecule has 1 aromatic rings. The number of thiazole rings is 1. The molecule has 1 rings (SSSR count). The zero-order valence-electron chi connectivity index (χ0n) is 8.32. The van der Waals surface area contributed by atoms with Gasteiger partial charge in [-0.1, -0.05) is 0 Å². The Labute approximate surface area is 83.0 Å². The minimum Gasteiger partial charge on any atom is -0.393 e. The summed E-state index contributed by atoms with van der Waals surface area (Å²) in [6.45, 7) is 2.71. The van der Waals surface area contributed by atoms with Gasteiger partial charge in [-0.25, -0.2) is 4.98 Å². The molecule has 1 heterocycles. The van der Waals surface area contributed by atoms with Crippen LogP contribution in [0.15, 0.2) is 6.20 Å². The fourth-order valence-corrected chi connectivity index (χ4v) is 2.24. The average molecular weight is 200 g/mol. The van der Waals surface area contributed by atoms with Crippen molar-refractivity contribution >= 4 is 11.3 Å². The first-order valence-corrected chi connectivity index (χ1v) is 5.16. The normalized spacial score (nSPS) is 13.6. The largest absolute Gasteiger partial charge is 0.393 e. The minimum atomic E-state index is -0.293. The van der Waals surface area contributed by atoms with E-state index in [9.17, 15) is 0 Å². The molecule has 0 unspecified atom stereocenters. The summed E-state index contributed by atoms with van der Waals surface area (Å²) in [5, 5.41) is 10.2. The van der Waals surface area contributed by atoms with E-state index in [2.05, 4.69) is 9.88 Å². The Kier molecular flexibility index (Phi) is 3.84. The smallest absolute Gasteiger partial charge is 0.0953 e. The van der Waals surface area contributed by atoms with Gasteiger partial charge in [0.25, 0.3) is 0 Å². The molecule has 0 bridgehead atoms. The van der Waals surface area contributed by atoms with Gasteiger partial charge in [0.05, 0.1) is 11.1 Å². The fraction of sp³-hybridized carbons (Fsp3) is 0.667. The monoisotopic (exact) mass is 200 g/mol. The highest BCUT2D eigenvalue weighted by Gasteiger charge is 2.05. The zero-order chi connectivity index (χ0) is 9.84. The van der Waals surface area contributed by atoms with E-state index in [1.165, 1.54) is 4.88 Å². The van der Waals surface area contributed by atoms with Crippen molar-refractivity contribution in [1.82, 2.24) is 9.88 Å². The van der Waals surface area contributed by atoms with Gasteiger partial charge in [0, 0.05) is 24.0 Å². The lowest BCUT2D eigenvalue weighted by Gasteiger charge is -2.05. The van der Waals surface area contributed by atoms with Crippen molar-refractivity contribution in [3.63, 3.8) is 0 Å². The Balaban J connectivity index is 2.53. The molecule has 0 amide bonds. The molecule has 1 aromatic heterocycles. The standard InChI is InChI=1S/C9H16N2OS/c1-7(12)4-9-10-5-8(13-9)6-11(2)3/h5,7,12H,4,6H2,1-3H3/t7-/m0/s1. The zero-order valence-corrected chi connectivity index (χ0v) is 9.14. The van der Waals surface area contributed by atoms with E-state index in [1.807, 2.05) is 20.3 Å². The summed E-state index contributed by atoms with van der Waals surface area (Å²) < 4.78 is 0. The van der Waals surface area contributed by atoms with Crippen LogP contribution in [-0.2, 0) is 13.0 Å². The van der Waals surface area contributed by atoms with Crippen LogP contribution in [0.2, 0.25) is 0 Å². The second kappa shape index (κ2) is 4.69. The number of hydrogen-bond donors (Lipinski definition) is 1. The maximum Gasteiger partial charge on any atom is 0.0953 e. The predicted molar refractivity (Wildman–Crippen MR) is 54.9 cm³/mol. The van der Waals surface area contributed by atoms with Crippen LogP contribution < -0.4 is 0 Å². The first kappa shape index (κ1) is 10.6. The summed E-state index contributed by atoms with van der Waals surface area (Å²) in [5.41, 5.74) is 0. The summed E-state index contributed by atoms with van der Waals surface area (Å²) in [6, 6.07) is 0. The first-order chi connectivity index (χ1) is 6.08. The molecule has 3 nitrogen and oxygen atoms in total. The third kappa shape index (κ3) is 3.85. The molecule has 1 N–H and O–H groups in total. The Morgan fingerprint density at radius 1 is 1.62 bits per heavy atom. The molecule has 74 valence electrons. The van der Waals surface area contributed by atoms with Crippen LogP contribution >= 0.6 is 11.3 Å². The quantitative estimate of drug-likeness (QED) is 0.791. The van der Waals surface area contributed by atoms with Gasteiger partial charge in [0.15, 0.2) is 0 Å². The lowest BCUT2D eigenvalue weighted by atomic mass is 10.3. The Morgan fingerprint density at radius 2 is 2.31 bits per heavy atom. The summed E-state index contributed by atoms with van der Waals surface area (Å²) in [4.78, 5) is 7.60. The third-order valence-corrected chi connectivity index (χ3v) is 2.55. The van der Waals surface area contributed by atoms with Gasteiger partial charge in [-0.3, -0.25) is 0 Å². The van der Waals surface area contributed by atoms with Gasteiger partial charge < -0.3 is 10.0 Å². The molecular weight excluding hydrogens is 184 g/mol. The highest BCUT2D eigenvalue weighted by atomic mass is 32.1. The van der Waals surface area contributed by atoms with E-state index in [0.29, 0.717) is 6.42 Å². The van der Waals surface area contributed by atoms with Gasteiger partial charge in [0.1, 0.15) is 0 Å². The van der Waals surface area contributed by atoms with E-state index < -0.39 is 0 Å². The molecule has 0 fully saturated rings. The molecular formula is C9H16N2OS. The number of aliphatic hydroxyl groups excluding tert-OH is 1. The van der Waals surface area contributed by atoms with Crippen LogP contribution in [0.5, 0.6) is 0 Å². The highest BCUT2D eigenvalue weighted by molar-refractivity contribution is 7.11. The maximum atomic E-state index is 9.15. The van der Waals surface area contributed by atoms with Gasteiger partial charge in [0.2, 0.25) is 0 Å². The van der Waals surface area contributed by atoms with Crippen LogP contribution in [0.3, 0.4) is 0 Å². The molecule has 0 aliphatic heterocycles. The van der Waals surface area contributed by atoms with Crippen molar-refractivity contribution in [3.8, 4) is 0 Å². The van der Waals surface area contributed by atoms with E-state index in [1.54, 1.807) is 18.3 Å². The van der Waals surface area contributed by atoms with Crippen molar-refractivity contribution in [2.45, 2.75) is 26.0 Å². The maximum absolute atomic E-state index is 9.15. The van der Waals surface area contributed by atoms with Crippen molar-refractivity contribution in [1.29, 1.82) is 0 Å². The molecule has 0 radical (unpaired) electrons.